The third-order valence-electron chi connectivity index (χ3n) is 3.91. The van der Waals surface area contributed by atoms with Gasteiger partial charge in [-0.25, -0.2) is 0 Å². The molecule has 1 fully saturated rings. The van der Waals surface area contributed by atoms with E-state index < -0.39 is 0 Å². The summed E-state index contributed by atoms with van der Waals surface area (Å²) in [4.78, 5) is 0. The predicted octanol–water partition coefficient (Wildman–Crippen LogP) is 3.61. The van der Waals surface area contributed by atoms with Gasteiger partial charge in [0.15, 0.2) is 0 Å². The third kappa shape index (κ3) is 3.74. The van der Waals surface area contributed by atoms with Crippen molar-refractivity contribution >= 4 is 5.69 Å². The Morgan fingerprint density at radius 2 is 1.94 bits per heavy atom. The van der Waals surface area contributed by atoms with Crippen molar-refractivity contribution in [3.05, 3.63) is 29.8 Å². The molecule has 0 aliphatic carbocycles. The SMILES string of the molecule is CC(C)c1ccccc1NCCC1CCNCC1. The first-order valence-electron chi connectivity index (χ1n) is 7.31. The minimum Gasteiger partial charge on any atom is -0.385 e. The van der Waals surface area contributed by atoms with Crippen molar-refractivity contribution in [2.45, 2.75) is 39.0 Å². The highest BCUT2D eigenvalue weighted by atomic mass is 14.9. The lowest BCUT2D eigenvalue weighted by Crippen LogP contribution is -2.28. The van der Waals surface area contributed by atoms with Gasteiger partial charge in [-0.2, -0.15) is 0 Å². The fourth-order valence-electron chi connectivity index (χ4n) is 2.74. The van der Waals surface area contributed by atoms with Crippen molar-refractivity contribution in [3.8, 4) is 0 Å². The standard InChI is InChI=1S/C16H26N2/c1-13(2)15-5-3-4-6-16(15)18-12-9-14-7-10-17-11-8-14/h3-6,13-14,17-18H,7-12H2,1-2H3. The maximum Gasteiger partial charge on any atom is 0.0375 e. The van der Waals surface area contributed by atoms with E-state index in [0.29, 0.717) is 5.92 Å². The third-order valence-corrected chi connectivity index (χ3v) is 3.91. The average molecular weight is 246 g/mol. The monoisotopic (exact) mass is 246 g/mol. The average Bonchev–Trinajstić information content (AvgIpc) is 2.40. The Labute approximate surface area is 111 Å². The van der Waals surface area contributed by atoms with Crippen LogP contribution in [0.3, 0.4) is 0 Å². The highest BCUT2D eigenvalue weighted by Crippen LogP contribution is 2.24. The maximum atomic E-state index is 3.62. The Morgan fingerprint density at radius 3 is 2.67 bits per heavy atom. The molecular formula is C16H26N2. The van der Waals surface area contributed by atoms with Crippen LogP contribution in [-0.4, -0.2) is 19.6 Å². The molecule has 0 atom stereocenters. The molecule has 2 nitrogen and oxygen atoms in total. The van der Waals surface area contributed by atoms with Crippen LogP contribution in [0.25, 0.3) is 0 Å². The van der Waals surface area contributed by atoms with Gasteiger partial charge in [-0.1, -0.05) is 32.0 Å². The number of nitrogens with one attached hydrogen (secondary N) is 2. The van der Waals surface area contributed by atoms with E-state index in [1.807, 2.05) is 0 Å². The van der Waals surface area contributed by atoms with Crippen molar-refractivity contribution in [2.75, 3.05) is 25.0 Å². The first-order valence-corrected chi connectivity index (χ1v) is 7.31. The van der Waals surface area contributed by atoms with Crippen LogP contribution in [0.15, 0.2) is 24.3 Å². The van der Waals surface area contributed by atoms with E-state index in [1.54, 1.807) is 0 Å². The molecular weight excluding hydrogens is 220 g/mol. The molecule has 1 aliphatic heterocycles. The number of hydrogen-bond donors (Lipinski definition) is 2. The largest absolute Gasteiger partial charge is 0.385 e. The van der Waals surface area contributed by atoms with Crippen LogP contribution < -0.4 is 10.6 Å². The summed E-state index contributed by atoms with van der Waals surface area (Å²) in [5.74, 6) is 1.50. The number of para-hydroxylation sites is 1. The molecule has 0 aromatic heterocycles. The van der Waals surface area contributed by atoms with Gasteiger partial charge in [0.05, 0.1) is 0 Å². The molecule has 0 radical (unpaired) electrons. The molecule has 1 aromatic rings. The van der Waals surface area contributed by atoms with Crippen molar-refractivity contribution in [3.63, 3.8) is 0 Å². The molecule has 0 bridgehead atoms. The highest BCUT2D eigenvalue weighted by Gasteiger charge is 2.12. The van der Waals surface area contributed by atoms with E-state index in [2.05, 4.69) is 48.7 Å². The summed E-state index contributed by atoms with van der Waals surface area (Å²) in [7, 11) is 0. The van der Waals surface area contributed by atoms with Gasteiger partial charge in [0.2, 0.25) is 0 Å². The minimum atomic E-state index is 0.590. The van der Waals surface area contributed by atoms with Crippen LogP contribution in [0, 0.1) is 5.92 Å². The second-order valence-electron chi connectivity index (χ2n) is 5.65. The van der Waals surface area contributed by atoms with Gasteiger partial charge in [0.25, 0.3) is 0 Å². The summed E-state index contributed by atoms with van der Waals surface area (Å²) < 4.78 is 0. The fourth-order valence-corrected chi connectivity index (χ4v) is 2.74. The van der Waals surface area contributed by atoms with Crippen molar-refractivity contribution in [1.29, 1.82) is 0 Å². The summed E-state index contributed by atoms with van der Waals surface area (Å²) in [5, 5.41) is 7.05. The smallest absolute Gasteiger partial charge is 0.0375 e. The normalized spacial score (nSPS) is 17.1. The van der Waals surface area contributed by atoms with Crippen LogP contribution in [0.4, 0.5) is 5.69 Å². The Kier molecular flexibility index (Phi) is 5.06. The Morgan fingerprint density at radius 1 is 1.22 bits per heavy atom. The molecule has 100 valence electrons. The lowest BCUT2D eigenvalue weighted by Gasteiger charge is -2.23. The molecule has 18 heavy (non-hydrogen) atoms. The van der Waals surface area contributed by atoms with Gasteiger partial charge in [-0.3, -0.25) is 0 Å². The second-order valence-corrected chi connectivity index (χ2v) is 5.65. The first-order chi connectivity index (χ1) is 8.77. The first kappa shape index (κ1) is 13.4. The zero-order valence-corrected chi connectivity index (χ0v) is 11.7. The quantitative estimate of drug-likeness (QED) is 0.829. The van der Waals surface area contributed by atoms with Crippen molar-refractivity contribution in [1.82, 2.24) is 5.32 Å². The van der Waals surface area contributed by atoms with E-state index >= 15 is 0 Å². The van der Waals surface area contributed by atoms with E-state index in [4.69, 9.17) is 0 Å². The number of rotatable bonds is 5. The van der Waals surface area contributed by atoms with Gasteiger partial charge in [-0.15, -0.1) is 0 Å². The zero-order valence-electron chi connectivity index (χ0n) is 11.7. The van der Waals surface area contributed by atoms with Crippen LogP contribution in [0.5, 0.6) is 0 Å². The molecule has 1 heterocycles. The Bertz CT molecular complexity index is 354. The van der Waals surface area contributed by atoms with E-state index in [-0.39, 0.29) is 0 Å². The summed E-state index contributed by atoms with van der Waals surface area (Å²) in [6, 6.07) is 8.70. The highest BCUT2D eigenvalue weighted by molar-refractivity contribution is 5.52. The molecule has 2 rings (SSSR count). The summed E-state index contributed by atoms with van der Waals surface area (Å²) in [6.45, 7) is 8.02. The van der Waals surface area contributed by atoms with Crippen molar-refractivity contribution in [2.24, 2.45) is 5.92 Å². The molecule has 0 spiro atoms. The van der Waals surface area contributed by atoms with Gasteiger partial charge in [-0.05, 0) is 55.8 Å². The van der Waals surface area contributed by atoms with E-state index in [1.165, 1.54) is 43.6 Å². The number of benzene rings is 1. The maximum absolute atomic E-state index is 3.62. The summed E-state index contributed by atoms with van der Waals surface area (Å²) in [6.07, 6.45) is 3.98. The van der Waals surface area contributed by atoms with Gasteiger partial charge in [0, 0.05) is 12.2 Å². The molecule has 0 amide bonds. The van der Waals surface area contributed by atoms with Gasteiger partial charge >= 0.3 is 0 Å². The molecule has 2 heteroatoms. The van der Waals surface area contributed by atoms with Crippen LogP contribution in [0.2, 0.25) is 0 Å². The summed E-state index contributed by atoms with van der Waals surface area (Å²) in [5.41, 5.74) is 2.75. The van der Waals surface area contributed by atoms with E-state index in [0.717, 1.165) is 12.5 Å². The topological polar surface area (TPSA) is 24.1 Å². The zero-order chi connectivity index (χ0) is 12.8. The molecule has 1 saturated heterocycles. The number of piperidine rings is 1. The van der Waals surface area contributed by atoms with Crippen LogP contribution in [-0.2, 0) is 0 Å². The van der Waals surface area contributed by atoms with Gasteiger partial charge < -0.3 is 10.6 Å². The lowest BCUT2D eigenvalue weighted by molar-refractivity contribution is 0.361. The molecule has 1 aromatic carbocycles. The van der Waals surface area contributed by atoms with Gasteiger partial charge in [0.1, 0.15) is 0 Å². The molecule has 2 N–H and O–H groups in total. The Balaban J connectivity index is 1.82. The minimum absolute atomic E-state index is 0.590. The molecule has 1 aliphatic rings. The van der Waals surface area contributed by atoms with E-state index in [9.17, 15) is 0 Å². The lowest BCUT2D eigenvalue weighted by atomic mass is 9.94. The van der Waals surface area contributed by atoms with Crippen LogP contribution in [0.1, 0.15) is 44.6 Å². The number of anilines is 1. The van der Waals surface area contributed by atoms with Crippen LogP contribution >= 0.6 is 0 Å². The molecule has 0 unspecified atom stereocenters. The van der Waals surface area contributed by atoms with Crippen molar-refractivity contribution < 1.29 is 0 Å². The predicted molar refractivity (Wildman–Crippen MR) is 79.2 cm³/mol. The second kappa shape index (κ2) is 6.79. The Hall–Kier alpha value is -1.02. The fraction of sp³-hybridized carbons (Fsp3) is 0.625. The summed E-state index contributed by atoms with van der Waals surface area (Å²) >= 11 is 0. The molecule has 0 saturated carbocycles. The number of hydrogen-bond acceptors (Lipinski definition) is 2.